The maximum absolute atomic E-state index is 12.8. The molecule has 0 fully saturated rings. The Labute approximate surface area is 112 Å². The van der Waals surface area contributed by atoms with Crippen LogP contribution in [-0.4, -0.2) is 12.3 Å². The molecule has 3 rings (SSSR count). The van der Waals surface area contributed by atoms with Crippen molar-refractivity contribution < 1.29 is 17.9 Å². The highest BCUT2D eigenvalue weighted by Gasteiger charge is 2.35. The Morgan fingerprint density at radius 2 is 1.85 bits per heavy atom. The van der Waals surface area contributed by atoms with E-state index < -0.39 is 17.9 Å². The van der Waals surface area contributed by atoms with Crippen LogP contribution in [-0.2, 0) is 4.74 Å². The van der Waals surface area contributed by atoms with Crippen LogP contribution in [0.2, 0.25) is 0 Å². The molecule has 0 radical (unpaired) electrons. The first kappa shape index (κ1) is 12.5. The van der Waals surface area contributed by atoms with Gasteiger partial charge in [-0.3, -0.25) is 0 Å². The SMILES string of the molecule is N#CC1=c2ccccc2=C2C=C(C(F)(F)F)C=CC2O1. The molecule has 1 aliphatic heterocycles. The van der Waals surface area contributed by atoms with Crippen molar-refractivity contribution >= 4 is 11.3 Å². The molecule has 1 heterocycles. The van der Waals surface area contributed by atoms with Crippen LogP contribution < -0.4 is 10.4 Å². The standard InChI is InChI=1S/C15H8F3NO/c16-15(17,18)9-5-6-13-12(7-9)10-3-1-2-4-11(10)14(8-19)20-13/h1-7,13H. The lowest BCUT2D eigenvalue weighted by atomic mass is 9.94. The van der Waals surface area contributed by atoms with Crippen molar-refractivity contribution in [2.75, 3.05) is 0 Å². The predicted octanol–water partition coefficient (Wildman–Crippen LogP) is 1.93. The number of nitrogens with zero attached hydrogens (tertiary/aromatic N) is 1. The molecule has 5 heteroatoms. The molecule has 0 N–H and O–H groups in total. The number of alkyl halides is 3. The van der Waals surface area contributed by atoms with Crippen molar-refractivity contribution in [3.05, 3.63) is 58.5 Å². The summed E-state index contributed by atoms with van der Waals surface area (Å²) in [7, 11) is 0. The Kier molecular flexibility index (Phi) is 2.68. The van der Waals surface area contributed by atoms with Crippen LogP contribution in [0.4, 0.5) is 13.2 Å². The summed E-state index contributed by atoms with van der Waals surface area (Å²) in [6, 6.07) is 8.74. The maximum Gasteiger partial charge on any atom is 0.416 e. The topological polar surface area (TPSA) is 33.0 Å². The number of allylic oxidation sites excluding steroid dienone is 2. The maximum atomic E-state index is 12.8. The van der Waals surface area contributed by atoms with Crippen molar-refractivity contribution in [2.24, 2.45) is 0 Å². The zero-order valence-electron chi connectivity index (χ0n) is 10.1. The Balaban J connectivity index is 2.34. The molecule has 20 heavy (non-hydrogen) atoms. The molecule has 1 aromatic carbocycles. The highest BCUT2D eigenvalue weighted by Crippen LogP contribution is 2.33. The van der Waals surface area contributed by atoms with Crippen LogP contribution in [0.1, 0.15) is 0 Å². The molecule has 2 aliphatic rings. The van der Waals surface area contributed by atoms with Gasteiger partial charge < -0.3 is 4.74 Å². The van der Waals surface area contributed by atoms with E-state index in [4.69, 9.17) is 10.00 Å². The van der Waals surface area contributed by atoms with E-state index in [1.165, 1.54) is 6.08 Å². The van der Waals surface area contributed by atoms with Gasteiger partial charge in [0, 0.05) is 10.8 Å². The van der Waals surface area contributed by atoms with E-state index in [1.54, 1.807) is 24.3 Å². The third-order valence-electron chi connectivity index (χ3n) is 3.22. The molecule has 1 atom stereocenters. The van der Waals surface area contributed by atoms with Gasteiger partial charge in [-0.15, -0.1) is 0 Å². The van der Waals surface area contributed by atoms with Crippen LogP contribution in [0.25, 0.3) is 11.3 Å². The quantitative estimate of drug-likeness (QED) is 0.724. The fourth-order valence-corrected chi connectivity index (χ4v) is 2.31. The first-order chi connectivity index (χ1) is 9.50. The summed E-state index contributed by atoms with van der Waals surface area (Å²) in [6.07, 6.45) is -1.66. The van der Waals surface area contributed by atoms with E-state index >= 15 is 0 Å². The summed E-state index contributed by atoms with van der Waals surface area (Å²) < 4.78 is 43.8. The van der Waals surface area contributed by atoms with Gasteiger partial charge in [0.1, 0.15) is 12.2 Å². The Morgan fingerprint density at radius 1 is 1.15 bits per heavy atom. The Morgan fingerprint density at radius 3 is 2.50 bits per heavy atom. The number of halogens is 3. The third-order valence-corrected chi connectivity index (χ3v) is 3.22. The summed E-state index contributed by atoms with van der Waals surface area (Å²) in [6.45, 7) is 0. The van der Waals surface area contributed by atoms with Gasteiger partial charge in [0.05, 0.1) is 5.57 Å². The number of fused-ring (bicyclic) bond motifs is 2. The minimum Gasteiger partial charge on any atom is -0.471 e. The Bertz CT molecular complexity index is 794. The summed E-state index contributed by atoms with van der Waals surface area (Å²) in [5, 5.41) is 10.2. The number of hydrogen-bond acceptors (Lipinski definition) is 2. The van der Waals surface area contributed by atoms with E-state index in [0.29, 0.717) is 16.0 Å². The fraction of sp³-hybridized carbons (Fsp3) is 0.133. The summed E-state index contributed by atoms with van der Waals surface area (Å²) >= 11 is 0. The van der Waals surface area contributed by atoms with Crippen LogP contribution in [0.3, 0.4) is 0 Å². The molecule has 1 aliphatic carbocycles. The lowest BCUT2D eigenvalue weighted by Gasteiger charge is -2.24. The van der Waals surface area contributed by atoms with E-state index in [0.717, 1.165) is 12.2 Å². The Hall–Kier alpha value is -2.48. The van der Waals surface area contributed by atoms with Crippen LogP contribution >= 0.6 is 0 Å². The molecule has 0 aromatic heterocycles. The van der Waals surface area contributed by atoms with Gasteiger partial charge in [0.25, 0.3) is 0 Å². The molecular weight excluding hydrogens is 267 g/mol. The van der Waals surface area contributed by atoms with E-state index in [9.17, 15) is 13.2 Å². The van der Waals surface area contributed by atoms with Gasteiger partial charge >= 0.3 is 6.18 Å². The number of rotatable bonds is 0. The second-order valence-corrected chi connectivity index (χ2v) is 4.44. The van der Waals surface area contributed by atoms with E-state index in [2.05, 4.69) is 0 Å². The third kappa shape index (κ3) is 1.90. The van der Waals surface area contributed by atoms with Crippen molar-refractivity contribution in [3.63, 3.8) is 0 Å². The molecule has 2 nitrogen and oxygen atoms in total. The summed E-state index contributed by atoms with van der Waals surface area (Å²) in [5.74, 6) is 0.128. The average Bonchev–Trinajstić information content (AvgIpc) is 2.45. The average molecular weight is 275 g/mol. The van der Waals surface area contributed by atoms with Gasteiger partial charge in [-0.25, -0.2) is 0 Å². The molecule has 100 valence electrons. The van der Waals surface area contributed by atoms with Crippen molar-refractivity contribution in [3.8, 4) is 6.07 Å². The molecule has 0 bridgehead atoms. The van der Waals surface area contributed by atoms with Crippen LogP contribution in [0, 0.1) is 11.3 Å². The predicted molar refractivity (Wildman–Crippen MR) is 66.3 cm³/mol. The van der Waals surface area contributed by atoms with Crippen molar-refractivity contribution in [1.29, 1.82) is 5.26 Å². The summed E-state index contributed by atoms with van der Waals surface area (Å²) in [4.78, 5) is 0. The van der Waals surface area contributed by atoms with Gasteiger partial charge in [0.2, 0.25) is 5.76 Å². The fourth-order valence-electron chi connectivity index (χ4n) is 2.31. The smallest absolute Gasteiger partial charge is 0.416 e. The molecule has 0 spiro atoms. The molecule has 0 amide bonds. The van der Waals surface area contributed by atoms with Gasteiger partial charge in [-0.2, -0.15) is 18.4 Å². The lowest BCUT2D eigenvalue weighted by molar-refractivity contribution is -0.0883. The van der Waals surface area contributed by atoms with E-state index in [-0.39, 0.29) is 5.76 Å². The van der Waals surface area contributed by atoms with Crippen LogP contribution in [0.5, 0.6) is 0 Å². The number of hydrogen-bond donors (Lipinski definition) is 0. The highest BCUT2D eigenvalue weighted by molar-refractivity contribution is 5.73. The second-order valence-electron chi connectivity index (χ2n) is 4.44. The molecular formula is C15H8F3NO. The zero-order valence-corrected chi connectivity index (χ0v) is 10.1. The zero-order chi connectivity index (χ0) is 14.3. The largest absolute Gasteiger partial charge is 0.471 e. The number of benzene rings is 1. The molecule has 0 saturated carbocycles. The molecule has 1 unspecified atom stereocenters. The second kappa shape index (κ2) is 4.27. The number of nitriles is 1. The van der Waals surface area contributed by atoms with Crippen molar-refractivity contribution in [1.82, 2.24) is 0 Å². The van der Waals surface area contributed by atoms with Crippen LogP contribution in [0.15, 0.2) is 48.1 Å². The first-order valence-corrected chi connectivity index (χ1v) is 5.88. The summed E-state index contributed by atoms with van der Waals surface area (Å²) in [5.41, 5.74) is -0.294. The first-order valence-electron chi connectivity index (χ1n) is 5.88. The van der Waals surface area contributed by atoms with Gasteiger partial charge in [-0.05, 0) is 23.4 Å². The monoisotopic (exact) mass is 275 g/mol. The minimum atomic E-state index is -4.40. The molecule has 1 aromatic rings. The van der Waals surface area contributed by atoms with E-state index in [1.807, 2.05) is 6.07 Å². The lowest BCUT2D eigenvalue weighted by Crippen LogP contribution is -2.38. The van der Waals surface area contributed by atoms with Crippen molar-refractivity contribution in [2.45, 2.75) is 12.3 Å². The minimum absolute atomic E-state index is 0.128. The molecule has 0 saturated heterocycles. The number of ether oxygens (including phenoxy) is 1. The normalized spacial score (nSPS) is 20.5. The van der Waals surface area contributed by atoms with Gasteiger partial charge in [-0.1, -0.05) is 24.3 Å². The highest BCUT2D eigenvalue weighted by atomic mass is 19.4. The van der Waals surface area contributed by atoms with Gasteiger partial charge in [0.15, 0.2) is 0 Å².